The number of ether oxygens (including phenoxy) is 1. The number of hydrogen-bond acceptors (Lipinski definition) is 4. The number of hydrogen-bond donors (Lipinski definition) is 3. The predicted octanol–water partition coefficient (Wildman–Crippen LogP) is -0.234. The van der Waals surface area contributed by atoms with E-state index in [-0.39, 0.29) is 6.10 Å². The Bertz CT molecular complexity index is 82.4. The molecule has 6 N–H and O–H groups in total. The van der Waals surface area contributed by atoms with Crippen LogP contribution < -0.4 is 17.2 Å². The van der Waals surface area contributed by atoms with Crippen LogP contribution in [0.1, 0.15) is 25.7 Å². The molecule has 0 atom stereocenters. The van der Waals surface area contributed by atoms with Crippen LogP contribution in [0, 0.1) is 0 Å². The van der Waals surface area contributed by atoms with E-state index in [0.29, 0.717) is 19.8 Å². The Kier molecular flexibility index (Phi) is 8.81. The van der Waals surface area contributed by atoms with Crippen LogP contribution in [0.2, 0.25) is 0 Å². The third-order valence-corrected chi connectivity index (χ3v) is 1.79. The van der Waals surface area contributed by atoms with Gasteiger partial charge in [0.2, 0.25) is 0 Å². The Morgan fingerprint density at radius 2 is 1.42 bits per heavy atom. The second kappa shape index (κ2) is 8.93. The molecule has 12 heavy (non-hydrogen) atoms. The van der Waals surface area contributed by atoms with Gasteiger partial charge in [-0.3, -0.25) is 0 Å². The molecule has 0 bridgehead atoms. The second-order valence-electron chi connectivity index (χ2n) is 2.82. The summed E-state index contributed by atoms with van der Waals surface area (Å²) >= 11 is 0. The van der Waals surface area contributed by atoms with Crippen LogP contribution in [0.3, 0.4) is 0 Å². The van der Waals surface area contributed by atoms with Crippen molar-refractivity contribution in [2.24, 2.45) is 17.2 Å². The molecule has 74 valence electrons. The summed E-state index contributed by atoms with van der Waals surface area (Å²) in [6, 6.07) is 0. The average Bonchev–Trinajstić information content (AvgIpc) is 2.10. The van der Waals surface area contributed by atoms with Crippen LogP contribution in [-0.2, 0) is 4.74 Å². The highest BCUT2D eigenvalue weighted by Crippen LogP contribution is 2.07. The molecule has 0 amide bonds. The third-order valence-electron chi connectivity index (χ3n) is 1.79. The van der Waals surface area contributed by atoms with Crippen molar-refractivity contribution in [3.8, 4) is 0 Å². The lowest BCUT2D eigenvalue weighted by Crippen LogP contribution is -2.20. The molecule has 0 saturated heterocycles. The summed E-state index contributed by atoms with van der Waals surface area (Å²) in [7, 11) is 0. The number of rotatable bonds is 8. The highest BCUT2D eigenvalue weighted by molar-refractivity contribution is 4.59. The molecular weight excluding hydrogens is 154 g/mol. The maximum atomic E-state index is 5.39. The highest BCUT2D eigenvalue weighted by Gasteiger charge is 2.06. The molecule has 0 unspecified atom stereocenters. The van der Waals surface area contributed by atoms with E-state index < -0.39 is 0 Å². The first-order valence-corrected chi connectivity index (χ1v) is 4.57. The Morgan fingerprint density at radius 3 is 1.75 bits per heavy atom. The van der Waals surface area contributed by atoms with E-state index in [9.17, 15) is 0 Å². The zero-order valence-corrected chi connectivity index (χ0v) is 7.67. The van der Waals surface area contributed by atoms with Gasteiger partial charge in [-0.2, -0.15) is 0 Å². The van der Waals surface area contributed by atoms with E-state index in [1.165, 1.54) is 0 Å². The fraction of sp³-hybridized carbons (Fsp3) is 1.00. The Balaban J connectivity index is 3.40. The monoisotopic (exact) mass is 175 g/mol. The van der Waals surface area contributed by atoms with E-state index in [2.05, 4.69) is 0 Å². The van der Waals surface area contributed by atoms with Crippen LogP contribution in [0.5, 0.6) is 0 Å². The zero-order chi connectivity index (χ0) is 9.23. The summed E-state index contributed by atoms with van der Waals surface area (Å²) < 4.78 is 5.31. The van der Waals surface area contributed by atoms with Gasteiger partial charge in [-0.1, -0.05) is 0 Å². The van der Waals surface area contributed by atoms with E-state index >= 15 is 0 Å². The van der Waals surface area contributed by atoms with Gasteiger partial charge >= 0.3 is 0 Å². The lowest BCUT2D eigenvalue weighted by atomic mass is 10.1. The van der Waals surface area contributed by atoms with Crippen LogP contribution in [0.15, 0.2) is 0 Å². The third kappa shape index (κ3) is 6.54. The Morgan fingerprint density at radius 1 is 0.917 bits per heavy atom. The van der Waals surface area contributed by atoms with Crippen molar-refractivity contribution in [2.75, 3.05) is 19.8 Å². The summed E-state index contributed by atoms with van der Waals surface area (Å²) in [5, 5.41) is 0. The van der Waals surface area contributed by atoms with Crippen molar-refractivity contribution in [1.29, 1.82) is 0 Å². The first-order valence-electron chi connectivity index (χ1n) is 4.57. The predicted molar refractivity (Wildman–Crippen MR) is 50.5 cm³/mol. The van der Waals surface area contributed by atoms with Gasteiger partial charge in [0.05, 0.1) is 12.8 Å². The van der Waals surface area contributed by atoms with Crippen molar-refractivity contribution < 1.29 is 4.74 Å². The normalized spacial score (nSPS) is 11.0. The fourth-order valence-electron chi connectivity index (χ4n) is 1.14. The summed E-state index contributed by atoms with van der Waals surface area (Å²) in [4.78, 5) is 0. The maximum Gasteiger partial charge on any atom is 0.0944 e. The largest absolute Gasteiger partial charge is 0.363 e. The molecule has 0 saturated carbocycles. The molecular formula is C8H21N3O. The van der Waals surface area contributed by atoms with Gasteiger partial charge in [0.25, 0.3) is 0 Å². The lowest BCUT2D eigenvalue weighted by molar-refractivity contribution is 0.0442. The van der Waals surface area contributed by atoms with Gasteiger partial charge in [-0.25, -0.2) is 0 Å². The van der Waals surface area contributed by atoms with Crippen molar-refractivity contribution in [3.05, 3.63) is 0 Å². The molecule has 0 spiro atoms. The highest BCUT2D eigenvalue weighted by atomic mass is 16.5. The molecule has 0 aromatic heterocycles. The minimum atomic E-state index is 0.252. The van der Waals surface area contributed by atoms with Crippen LogP contribution in [-0.4, -0.2) is 25.9 Å². The van der Waals surface area contributed by atoms with Crippen molar-refractivity contribution in [1.82, 2.24) is 0 Å². The van der Waals surface area contributed by atoms with Gasteiger partial charge in [-0.05, 0) is 38.8 Å². The van der Waals surface area contributed by atoms with Crippen molar-refractivity contribution >= 4 is 0 Å². The van der Waals surface area contributed by atoms with Crippen molar-refractivity contribution in [2.45, 2.75) is 31.8 Å². The van der Waals surface area contributed by atoms with E-state index in [1.54, 1.807) is 0 Å². The fourth-order valence-corrected chi connectivity index (χ4v) is 1.14. The van der Waals surface area contributed by atoms with Gasteiger partial charge < -0.3 is 21.9 Å². The van der Waals surface area contributed by atoms with Gasteiger partial charge in [-0.15, -0.1) is 0 Å². The first kappa shape index (κ1) is 11.8. The smallest absolute Gasteiger partial charge is 0.0944 e. The maximum absolute atomic E-state index is 5.39. The molecule has 0 aliphatic heterocycles. The van der Waals surface area contributed by atoms with Crippen LogP contribution in [0.4, 0.5) is 0 Å². The second-order valence-corrected chi connectivity index (χ2v) is 2.82. The van der Waals surface area contributed by atoms with Gasteiger partial charge in [0.15, 0.2) is 0 Å². The van der Waals surface area contributed by atoms with E-state index in [4.69, 9.17) is 21.9 Å². The molecule has 0 aliphatic rings. The topological polar surface area (TPSA) is 87.3 Å². The lowest BCUT2D eigenvalue weighted by Gasteiger charge is -2.15. The van der Waals surface area contributed by atoms with Gasteiger partial charge in [0, 0.05) is 0 Å². The minimum absolute atomic E-state index is 0.252. The van der Waals surface area contributed by atoms with Crippen molar-refractivity contribution in [3.63, 3.8) is 0 Å². The van der Waals surface area contributed by atoms with Crippen LogP contribution in [0.25, 0.3) is 0 Å². The van der Waals surface area contributed by atoms with E-state index in [1.807, 2.05) is 0 Å². The van der Waals surface area contributed by atoms with Gasteiger partial charge in [0.1, 0.15) is 0 Å². The molecule has 0 aromatic carbocycles. The average molecular weight is 175 g/mol. The molecule has 0 aromatic rings. The summed E-state index contributed by atoms with van der Waals surface area (Å²) in [5.74, 6) is 0. The summed E-state index contributed by atoms with van der Waals surface area (Å²) in [5.41, 5.74) is 16.1. The molecule has 4 nitrogen and oxygen atoms in total. The quantitative estimate of drug-likeness (QED) is 0.444. The molecule has 0 aliphatic carbocycles. The molecule has 0 rings (SSSR count). The van der Waals surface area contributed by atoms with E-state index in [0.717, 1.165) is 25.7 Å². The number of nitrogens with two attached hydrogens (primary N) is 3. The minimum Gasteiger partial charge on any atom is -0.363 e. The first-order chi connectivity index (χ1) is 5.85. The SMILES string of the molecule is NCCCC(CCCN)OCN. The Labute approximate surface area is 74.4 Å². The standard InChI is InChI=1S/C8H21N3O/c9-5-1-3-8(12-7-11)4-2-6-10/h8H,1-7,9-11H2. The van der Waals surface area contributed by atoms with Crippen LogP contribution >= 0.6 is 0 Å². The molecule has 0 fully saturated rings. The molecule has 0 radical (unpaired) electrons. The summed E-state index contributed by atoms with van der Waals surface area (Å²) in [6.07, 6.45) is 4.23. The molecule has 0 heterocycles. The summed E-state index contributed by atoms with van der Waals surface area (Å²) in [6.45, 7) is 1.72. The molecule has 4 heteroatoms. The Hall–Kier alpha value is -0.160. The zero-order valence-electron chi connectivity index (χ0n) is 7.67.